The lowest BCUT2D eigenvalue weighted by Gasteiger charge is -2.36. The highest BCUT2D eigenvalue weighted by molar-refractivity contribution is 14.1. The van der Waals surface area contributed by atoms with Crippen LogP contribution in [0.2, 0.25) is 10.0 Å². The summed E-state index contributed by atoms with van der Waals surface area (Å²) in [5, 5.41) is 1.10. The second-order valence-corrected chi connectivity index (χ2v) is 11.2. The molecule has 0 bridgehead atoms. The molecule has 0 N–H and O–H groups in total. The summed E-state index contributed by atoms with van der Waals surface area (Å²) in [5.74, 6) is -0.115. The lowest BCUT2D eigenvalue weighted by atomic mass is 10.0. The Balaban J connectivity index is 1.53. The van der Waals surface area contributed by atoms with Crippen molar-refractivity contribution in [3.63, 3.8) is 0 Å². The lowest BCUT2D eigenvalue weighted by Crippen LogP contribution is -2.56. The van der Waals surface area contributed by atoms with Crippen molar-refractivity contribution in [1.29, 1.82) is 0 Å². The molecule has 1 saturated heterocycles. The molecule has 0 aromatic heterocycles. The van der Waals surface area contributed by atoms with Crippen molar-refractivity contribution in [2.45, 2.75) is 6.61 Å². The second kappa shape index (κ2) is 12.6. The van der Waals surface area contributed by atoms with Crippen LogP contribution in [-0.4, -0.2) is 24.0 Å². The lowest BCUT2D eigenvalue weighted by molar-refractivity contribution is -0.120. The number of carbonyl (C=O) groups excluding carboxylic acids is 2. The first kappa shape index (κ1) is 29.1. The minimum Gasteiger partial charge on any atom is -0.493 e. The summed E-state index contributed by atoms with van der Waals surface area (Å²) in [4.78, 5) is 30.3. The second-order valence-electron chi connectivity index (χ2n) is 8.85. The molecule has 4 aromatic carbocycles. The van der Waals surface area contributed by atoms with Gasteiger partial charge in [0.1, 0.15) is 12.2 Å². The van der Waals surface area contributed by atoms with Crippen molar-refractivity contribution >= 4 is 92.4 Å². The number of benzene rings is 4. The van der Waals surface area contributed by atoms with Crippen LogP contribution >= 0.6 is 58.0 Å². The molecule has 6 nitrogen and oxygen atoms in total. The number of thiocarbonyl (C=S) groups is 1. The summed E-state index contributed by atoms with van der Waals surface area (Å²) < 4.78 is 12.4. The normalized spacial score (nSPS) is 13.5. The van der Waals surface area contributed by atoms with E-state index < -0.39 is 11.8 Å². The number of carbonyl (C=O) groups is 2. The zero-order valence-corrected chi connectivity index (χ0v) is 26.0. The predicted molar refractivity (Wildman–Crippen MR) is 175 cm³/mol. The fourth-order valence-electron chi connectivity index (χ4n) is 4.26. The highest BCUT2D eigenvalue weighted by atomic mass is 127. The van der Waals surface area contributed by atoms with E-state index in [1.807, 2.05) is 18.2 Å². The molecule has 0 spiro atoms. The van der Waals surface area contributed by atoms with E-state index in [4.69, 9.17) is 44.9 Å². The van der Waals surface area contributed by atoms with Crippen LogP contribution in [0, 0.1) is 3.57 Å². The molecule has 1 heterocycles. The number of hydrogen-bond acceptors (Lipinski definition) is 5. The van der Waals surface area contributed by atoms with Crippen molar-refractivity contribution < 1.29 is 19.1 Å². The third kappa shape index (κ3) is 6.11. The van der Waals surface area contributed by atoms with Gasteiger partial charge in [-0.3, -0.25) is 19.4 Å². The summed E-state index contributed by atoms with van der Waals surface area (Å²) >= 11 is 20.1. The molecule has 0 aliphatic carbocycles. The summed E-state index contributed by atoms with van der Waals surface area (Å²) in [6.45, 7) is 0.190. The quantitative estimate of drug-likeness (QED) is 0.0843. The highest BCUT2D eigenvalue weighted by Crippen LogP contribution is 2.37. The Morgan fingerprint density at radius 1 is 0.854 bits per heavy atom. The van der Waals surface area contributed by atoms with Crippen molar-refractivity contribution in [1.82, 2.24) is 0 Å². The Bertz CT molecular complexity index is 1620. The predicted octanol–water partition coefficient (Wildman–Crippen LogP) is 7.93. The van der Waals surface area contributed by atoms with Gasteiger partial charge in [0.2, 0.25) is 0 Å². The molecule has 0 unspecified atom stereocenters. The molecule has 0 atom stereocenters. The number of methoxy groups -OCH3 is 1. The van der Waals surface area contributed by atoms with Crippen molar-refractivity contribution in [2.75, 3.05) is 16.9 Å². The van der Waals surface area contributed by atoms with Crippen LogP contribution in [-0.2, 0) is 16.2 Å². The number of anilines is 2. The maximum atomic E-state index is 13.8. The van der Waals surface area contributed by atoms with E-state index in [1.54, 1.807) is 78.9 Å². The van der Waals surface area contributed by atoms with Gasteiger partial charge >= 0.3 is 0 Å². The van der Waals surface area contributed by atoms with E-state index in [9.17, 15) is 9.59 Å². The Morgan fingerprint density at radius 2 is 1.44 bits per heavy atom. The maximum absolute atomic E-state index is 13.8. The molecule has 2 amide bonds. The molecule has 10 heteroatoms. The number of para-hydroxylation sites is 2. The zero-order valence-electron chi connectivity index (χ0n) is 21.5. The standard InChI is InChI=1S/C31H21Cl2IN2O4S/c1-39-27-16-19(15-26(34)28(27)40-18-20-12-13-21(32)17-25(20)33)14-24-29(37)35(22-8-4-2-5-9-22)31(41)36(30(24)38)23-10-6-3-7-11-23/h2-17H,18H2,1H3. The summed E-state index contributed by atoms with van der Waals surface area (Å²) in [5.41, 5.74) is 2.40. The van der Waals surface area contributed by atoms with Crippen LogP contribution in [0.25, 0.3) is 6.08 Å². The summed E-state index contributed by atoms with van der Waals surface area (Å²) in [6, 6.07) is 26.7. The minimum atomic E-state index is -0.523. The molecule has 41 heavy (non-hydrogen) atoms. The van der Waals surface area contributed by atoms with Gasteiger partial charge in [-0.05, 0) is 95.0 Å². The Kier molecular flexibility index (Phi) is 8.94. The van der Waals surface area contributed by atoms with Gasteiger partial charge in [0.25, 0.3) is 11.8 Å². The van der Waals surface area contributed by atoms with E-state index in [-0.39, 0.29) is 17.3 Å². The molecule has 206 valence electrons. The molecule has 1 aliphatic heterocycles. The largest absolute Gasteiger partial charge is 0.493 e. The Morgan fingerprint density at radius 3 is 1.98 bits per heavy atom. The van der Waals surface area contributed by atoms with Crippen LogP contribution in [0.1, 0.15) is 11.1 Å². The molecular formula is C31H21Cl2IN2O4S. The van der Waals surface area contributed by atoms with Crippen molar-refractivity contribution in [2.24, 2.45) is 0 Å². The fraction of sp³-hybridized carbons (Fsp3) is 0.0645. The molecule has 4 aromatic rings. The number of halogens is 3. The van der Waals surface area contributed by atoms with E-state index in [0.29, 0.717) is 42.1 Å². The van der Waals surface area contributed by atoms with Crippen LogP contribution in [0.5, 0.6) is 11.5 Å². The van der Waals surface area contributed by atoms with Gasteiger partial charge in [0.05, 0.1) is 22.1 Å². The van der Waals surface area contributed by atoms with Gasteiger partial charge in [0.15, 0.2) is 16.6 Å². The summed E-state index contributed by atoms with van der Waals surface area (Å²) in [6.07, 6.45) is 1.54. The topological polar surface area (TPSA) is 59.1 Å². The van der Waals surface area contributed by atoms with Gasteiger partial charge < -0.3 is 9.47 Å². The molecular weight excluding hydrogens is 694 g/mol. The average molecular weight is 715 g/mol. The van der Waals surface area contributed by atoms with Gasteiger partial charge in [-0.15, -0.1) is 0 Å². The number of rotatable bonds is 7. The van der Waals surface area contributed by atoms with Gasteiger partial charge in [-0.1, -0.05) is 65.7 Å². The van der Waals surface area contributed by atoms with E-state index in [2.05, 4.69) is 22.6 Å². The van der Waals surface area contributed by atoms with Crippen molar-refractivity contribution in [3.05, 3.63) is 121 Å². The smallest absolute Gasteiger partial charge is 0.270 e. The number of amides is 2. The minimum absolute atomic E-state index is 0.0502. The highest BCUT2D eigenvalue weighted by Gasteiger charge is 2.41. The number of ether oxygens (including phenoxy) is 2. The monoisotopic (exact) mass is 714 g/mol. The maximum Gasteiger partial charge on any atom is 0.270 e. The van der Waals surface area contributed by atoms with Gasteiger partial charge in [-0.2, -0.15) is 0 Å². The first-order valence-corrected chi connectivity index (χ1v) is 14.5. The summed E-state index contributed by atoms with van der Waals surface area (Å²) in [7, 11) is 1.52. The average Bonchev–Trinajstić information content (AvgIpc) is 2.96. The Hall–Kier alpha value is -3.44. The van der Waals surface area contributed by atoms with Crippen molar-refractivity contribution in [3.8, 4) is 11.5 Å². The molecule has 1 fully saturated rings. The van der Waals surface area contributed by atoms with E-state index in [0.717, 1.165) is 5.56 Å². The Labute approximate surface area is 266 Å². The van der Waals surface area contributed by atoms with Crippen LogP contribution in [0.4, 0.5) is 11.4 Å². The van der Waals surface area contributed by atoms with Gasteiger partial charge in [-0.25, -0.2) is 0 Å². The van der Waals surface area contributed by atoms with Crippen LogP contribution < -0.4 is 19.3 Å². The molecule has 0 saturated carbocycles. The zero-order chi connectivity index (χ0) is 29.1. The van der Waals surface area contributed by atoms with E-state index >= 15 is 0 Å². The molecule has 5 rings (SSSR count). The fourth-order valence-corrected chi connectivity index (χ4v) is 5.88. The van der Waals surface area contributed by atoms with Crippen LogP contribution in [0.15, 0.2) is 96.6 Å². The number of nitrogens with zero attached hydrogens (tertiary/aromatic N) is 2. The molecule has 0 radical (unpaired) electrons. The molecule has 1 aliphatic rings. The SMILES string of the molecule is COc1cc(C=C2C(=O)N(c3ccccc3)C(=S)N(c3ccccc3)C2=O)cc(I)c1OCc1ccc(Cl)cc1Cl. The first-order valence-electron chi connectivity index (χ1n) is 12.3. The van der Waals surface area contributed by atoms with E-state index in [1.165, 1.54) is 16.9 Å². The van der Waals surface area contributed by atoms with Crippen LogP contribution in [0.3, 0.4) is 0 Å². The first-order chi connectivity index (χ1) is 19.8. The van der Waals surface area contributed by atoms with Gasteiger partial charge in [0, 0.05) is 15.6 Å². The number of hydrogen-bond donors (Lipinski definition) is 0. The third-order valence-corrected chi connectivity index (χ3v) is 7.98. The third-order valence-electron chi connectivity index (χ3n) is 6.23.